The van der Waals surface area contributed by atoms with E-state index in [0.717, 1.165) is 6.42 Å². The molecule has 0 N–H and O–H groups in total. The van der Waals surface area contributed by atoms with Crippen molar-refractivity contribution in [3.63, 3.8) is 0 Å². The number of carbonyl (C=O) groups is 2. The van der Waals surface area contributed by atoms with Crippen molar-refractivity contribution in [1.82, 2.24) is 9.80 Å². The van der Waals surface area contributed by atoms with Crippen molar-refractivity contribution in [2.45, 2.75) is 31.3 Å². The predicted molar refractivity (Wildman–Crippen MR) is 129 cm³/mol. The largest absolute Gasteiger partial charge is 0.336 e. The monoisotopic (exact) mass is 484 g/mol. The first-order valence-corrected chi connectivity index (χ1v) is 12.3. The van der Waals surface area contributed by atoms with Crippen molar-refractivity contribution in [2.75, 3.05) is 13.1 Å². The van der Waals surface area contributed by atoms with E-state index in [1.165, 1.54) is 16.0 Å². The van der Waals surface area contributed by atoms with Gasteiger partial charge in [0.2, 0.25) is 5.91 Å². The summed E-state index contributed by atoms with van der Waals surface area (Å²) in [6, 6.07) is 16.9. The zero-order valence-electron chi connectivity index (χ0n) is 17.3. The van der Waals surface area contributed by atoms with Crippen LogP contribution in [0.1, 0.15) is 45.1 Å². The number of carbonyl (C=O) groups excluding carboxylic acids is 2. The highest BCUT2D eigenvalue weighted by Gasteiger charge is 2.39. The van der Waals surface area contributed by atoms with Gasteiger partial charge in [-0.3, -0.25) is 9.59 Å². The second kappa shape index (κ2) is 8.89. The van der Waals surface area contributed by atoms with E-state index in [2.05, 4.69) is 35.7 Å². The average Bonchev–Trinajstić information content (AvgIpc) is 3.49. The Kier molecular flexibility index (Phi) is 5.97. The first-order valence-electron chi connectivity index (χ1n) is 10.7. The molecule has 2 aromatic carbocycles. The SMILES string of the molecule is O=C(C1CCCN1C(=O)c1cc(Cl)cc(Cl)c1)N1Cc2ccccc2C(c2cccs2)C1. The number of likely N-dealkylation sites (tertiary alicyclic amines) is 1. The maximum Gasteiger partial charge on any atom is 0.254 e. The molecule has 3 aromatic rings. The summed E-state index contributed by atoms with van der Waals surface area (Å²) in [5.74, 6) is -0.0290. The highest BCUT2D eigenvalue weighted by atomic mass is 35.5. The molecule has 2 aliphatic rings. The number of thiophene rings is 1. The van der Waals surface area contributed by atoms with Gasteiger partial charge in [0.05, 0.1) is 0 Å². The lowest BCUT2D eigenvalue weighted by Gasteiger charge is -2.37. The first-order chi connectivity index (χ1) is 15.5. The van der Waals surface area contributed by atoms with E-state index in [9.17, 15) is 9.59 Å². The standard InChI is InChI=1S/C25H22Cl2N2O2S/c26-18-11-17(12-19(27)13-18)24(30)29-9-3-7-22(29)25(31)28-14-16-5-1-2-6-20(16)21(15-28)23-8-4-10-32-23/h1-2,4-6,8,10-13,21-22H,3,7,9,14-15H2. The molecule has 3 heterocycles. The van der Waals surface area contributed by atoms with Crippen molar-refractivity contribution < 1.29 is 9.59 Å². The number of halogens is 2. The van der Waals surface area contributed by atoms with Gasteiger partial charge in [-0.15, -0.1) is 11.3 Å². The van der Waals surface area contributed by atoms with Crippen LogP contribution in [0.4, 0.5) is 0 Å². The summed E-state index contributed by atoms with van der Waals surface area (Å²) in [7, 11) is 0. The molecule has 1 aromatic heterocycles. The van der Waals surface area contributed by atoms with E-state index < -0.39 is 6.04 Å². The van der Waals surface area contributed by atoms with Crippen LogP contribution < -0.4 is 0 Å². The Morgan fingerprint density at radius 3 is 2.53 bits per heavy atom. The number of hydrogen-bond donors (Lipinski definition) is 0. The third kappa shape index (κ3) is 4.05. The molecule has 32 heavy (non-hydrogen) atoms. The van der Waals surface area contributed by atoms with Crippen molar-refractivity contribution in [1.29, 1.82) is 0 Å². The maximum atomic E-state index is 13.7. The summed E-state index contributed by atoms with van der Waals surface area (Å²) in [4.78, 5) is 31.8. The van der Waals surface area contributed by atoms with E-state index in [-0.39, 0.29) is 17.7 Å². The molecule has 5 rings (SSSR count). The first kappa shape index (κ1) is 21.5. The molecule has 2 atom stereocenters. The molecular weight excluding hydrogens is 463 g/mol. The molecule has 0 radical (unpaired) electrons. The minimum absolute atomic E-state index is 0.0139. The van der Waals surface area contributed by atoms with Crippen molar-refractivity contribution in [2.24, 2.45) is 0 Å². The summed E-state index contributed by atoms with van der Waals surface area (Å²) in [5, 5.41) is 2.90. The topological polar surface area (TPSA) is 40.6 Å². The molecule has 0 aliphatic carbocycles. The Bertz CT molecular complexity index is 1140. The number of benzene rings is 2. The zero-order chi connectivity index (χ0) is 22.2. The van der Waals surface area contributed by atoms with Gasteiger partial charge in [0.15, 0.2) is 0 Å². The second-order valence-corrected chi connectivity index (χ2v) is 10.2. The molecular formula is C25H22Cl2N2O2S. The molecule has 4 nitrogen and oxygen atoms in total. The smallest absolute Gasteiger partial charge is 0.254 e. The number of nitrogens with zero attached hydrogens (tertiary/aromatic N) is 2. The van der Waals surface area contributed by atoms with Crippen LogP contribution in [0, 0.1) is 0 Å². The van der Waals surface area contributed by atoms with Gasteiger partial charge in [0.1, 0.15) is 6.04 Å². The average molecular weight is 485 g/mol. The number of fused-ring (bicyclic) bond motifs is 1. The Hall–Kier alpha value is -2.34. The lowest BCUT2D eigenvalue weighted by molar-refractivity contribution is -0.136. The minimum atomic E-state index is -0.463. The van der Waals surface area contributed by atoms with E-state index >= 15 is 0 Å². The van der Waals surface area contributed by atoms with Gasteiger partial charge in [-0.25, -0.2) is 0 Å². The molecule has 0 saturated carbocycles. The Balaban J connectivity index is 1.41. The minimum Gasteiger partial charge on any atom is -0.336 e. The number of hydrogen-bond acceptors (Lipinski definition) is 3. The highest BCUT2D eigenvalue weighted by molar-refractivity contribution is 7.10. The fraction of sp³-hybridized carbons (Fsp3) is 0.280. The van der Waals surface area contributed by atoms with Crippen LogP contribution in [0.3, 0.4) is 0 Å². The fourth-order valence-electron chi connectivity index (χ4n) is 4.83. The van der Waals surface area contributed by atoms with Crippen molar-refractivity contribution >= 4 is 46.4 Å². The summed E-state index contributed by atoms with van der Waals surface area (Å²) in [6.07, 6.45) is 1.47. The molecule has 2 aliphatic heterocycles. The van der Waals surface area contributed by atoms with Crippen LogP contribution in [0.5, 0.6) is 0 Å². The summed E-state index contributed by atoms with van der Waals surface area (Å²) < 4.78 is 0. The third-order valence-corrected chi connectivity index (χ3v) is 7.72. The molecule has 2 unspecified atom stereocenters. The predicted octanol–water partition coefficient (Wildman–Crippen LogP) is 5.83. The Labute approximate surface area is 201 Å². The van der Waals surface area contributed by atoms with Crippen LogP contribution in [0.2, 0.25) is 10.0 Å². The normalized spacial score (nSPS) is 20.3. The van der Waals surface area contributed by atoms with Crippen molar-refractivity contribution in [3.05, 3.63) is 91.6 Å². The third-order valence-electron chi connectivity index (χ3n) is 6.30. The van der Waals surface area contributed by atoms with E-state index in [0.29, 0.717) is 41.7 Å². The highest BCUT2D eigenvalue weighted by Crippen LogP contribution is 2.36. The van der Waals surface area contributed by atoms with Gasteiger partial charge >= 0.3 is 0 Å². The number of rotatable bonds is 3. The molecule has 0 spiro atoms. The van der Waals surface area contributed by atoms with Gasteiger partial charge < -0.3 is 9.80 Å². The quantitative estimate of drug-likeness (QED) is 0.468. The van der Waals surface area contributed by atoms with Crippen LogP contribution >= 0.6 is 34.5 Å². The Morgan fingerprint density at radius 2 is 1.78 bits per heavy atom. The molecule has 7 heteroatoms. The van der Waals surface area contributed by atoms with Crippen LogP contribution in [0.25, 0.3) is 0 Å². The van der Waals surface area contributed by atoms with Crippen molar-refractivity contribution in [3.8, 4) is 0 Å². The van der Waals surface area contributed by atoms with Gasteiger partial charge in [0, 0.05) is 46.0 Å². The van der Waals surface area contributed by atoms with Gasteiger partial charge in [0.25, 0.3) is 5.91 Å². The second-order valence-electron chi connectivity index (χ2n) is 8.30. The van der Waals surface area contributed by atoms with Gasteiger partial charge in [-0.05, 0) is 53.6 Å². The van der Waals surface area contributed by atoms with Crippen LogP contribution in [0.15, 0.2) is 60.0 Å². The van der Waals surface area contributed by atoms with Gasteiger partial charge in [-0.2, -0.15) is 0 Å². The molecule has 0 bridgehead atoms. The molecule has 1 saturated heterocycles. The van der Waals surface area contributed by atoms with E-state index in [1.807, 2.05) is 11.0 Å². The Morgan fingerprint density at radius 1 is 1.00 bits per heavy atom. The molecule has 164 valence electrons. The lowest BCUT2D eigenvalue weighted by Crippen LogP contribution is -2.49. The summed E-state index contributed by atoms with van der Waals surface area (Å²) >= 11 is 13.9. The summed E-state index contributed by atoms with van der Waals surface area (Å²) in [6.45, 7) is 1.74. The number of amides is 2. The zero-order valence-corrected chi connectivity index (χ0v) is 19.7. The van der Waals surface area contributed by atoms with E-state index in [4.69, 9.17) is 23.2 Å². The van der Waals surface area contributed by atoms with Crippen LogP contribution in [-0.4, -0.2) is 40.7 Å². The molecule has 1 fully saturated rings. The van der Waals surface area contributed by atoms with E-state index in [1.54, 1.807) is 34.4 Å². The van der Waals surface area contributed by atoms with Gasteiger partial charge in [-0.1, -0.05) is 53.5 Å². The fourth-order valence-corrected chi connectivity index (χ4v) is 6.19. The lowest BCUT2D eigenvalue weighted by atomic mass is 9.88. The maximum absolute atomic E-state index is 13.7. The summed E-state index contributed by atoms with van der Waals surface area (Å²) in [5.41, 5.74) is 2.87. The van der Waals surface area contributed by atoms with Crippen LogP contribution in [-0.2, 0) is 11.3 Å². The molecule has 2 amide bonds.